The van der Waals surface area contributed by atoms with Gasteiger partial charge in [-0.15, -0.1) is 11.3 Å². The van der Waals surface area contributed by atoms with Crippen molar-refractivity contribution < 1.29 is 8.42 Å². The quantitative estimate of drug-likeness (QED) is 0.817. The zero-order valence-corrected chi connectivity index (χ0v) is 13.5. The van der Waals surface area contributed by atoms with Gasteiger partial charge in [0.25, 0.3) is 0 Å². The molecular formula is C14H19N3O2S2. The minimum atomic E-state index is -3.42. The van der Waals surface area contributed by atoms with Gasteiger partial charge in [0.1, 0.15) is 5.01 Å². The third-order valence-corrected chi connectivity index (χ3v) is 5.31. The van der Waals surface area contributed by atoms with E-state index >= 15 is 0 Å². The average molecular weight is 325 g/mol. The van der Waals surface area contributed by atoms with Crippen LogP contribution in [0.3, 0.4) is 0 Å². The summed E-state index contributed by atoms with van der Waals surface area (Å²) in [5.74, 6) is -0.0529. The normalized spacial score (nSPS) is 13.2. The molecule has 2 aromatic rings. The molecule has 1 unspecified atom stereocenters. The number of hydrogen-bond acceptors (Lipinski definition) is 5. The third kappa shape index (κ3) is 4.60. The highest BCUT2D eigenvalue weighted by Gasteiger charge is 2.20. The molecule has 0 aliphatic rings. The van der Waals surface area contributed by atoms with Crippen LogP contribution in [0.4, 0.5) is 0 Å². The molecule has 0 saturated carbocycles. The highest BCUT2D eigenvalue weighted by Crippen LogP contribution is 2.20. The maximum absolute atomic E-state index is 12.3. The van der Waals surface area contributed by atoms with Gasteiger partial charge in [-0.25, -0.2) is 18.1 Å². The lowest BCUT2D eigenvalue weighted by molar-refractivity contribution is 0.548. The lowest BCUT2D eigenvalue weighted by Gasteiger charge is -2.15. The fraction of sp³-hybridized carbons (Fsp3) is 0.357. The lowest BCUT2D eigenvalue weighted by atomic mass is 10.1. The number of rotatable bonds is 7. The third-order valence-electron chi connectivity index (χ3n) is 3.06. The second-order valence-electron chi connectivity index (χ2n) is 4.73. The van der Waals surface area contributed by atoms with Gasteiger partial charge < -0.3 is 5.73 Å². The summed E-state index contributed by atoms with van der Waals surface area (Å²) in [4.78, 5) is 4.18. The summed E-state index contributed by atoms with van der Waals surface area (Å²) in [6.07, 6.45) is 2.34. The SMILES string of the molecule is CCC(NS(=O)(=O)Cc1cccc(CN)c1)c1nccs1. The molecule has 2 rings (SSSR count). The number of sulfonamides is 1. The van der Waals surface area contributed by atoms with Gasteiger partial charge in [0.05, 0.1) is 11.8 Å². The maximum Gasteiger partial charge on any atom is 0.216 e. The second kappa shape index (κ2) is 7.13. The molecule has 1 aromatic heterocycles. The molecule has 0 spiro atoms. The molecule has 0 aliphatic heterocycles. The number of benzene rings is 1. The van der Waals surface area contributed by atoms with E-state index in [1.807, 2.05) is 30.5 Å². The number of nitrogens with zero attached hydrogens (tertiary/aromatic N) is 1. The summed E-state index contributed by atoms with van der Waals surface area (Å²) in [6, 6.07) is 7.05. The predicted molar refractivity (Wildman–Crippen MR) is 85.2 cm³/mol. The van der Waals surface area contributed by atoms with Crippen molar-refractivity contribution in [1.82, 2.24) is 9.71 Å². The van der Waals surface area contributed by atoms with Crippen LogP contribution in [0.1, 0.15) is 35.5 Å². The maximum atomic E-state index is 12.3. The minimum absolute atomic E-state index is 0.0529. The Balaban J connectivity index is 2.10. The van der Waals surface area contributed by atoms with E-state index in [-0.39, 0.29) is 11.8 Å². The van der Waals surface area contributed by atoms with Gasteiger partial charge in [-0.2, -0.15) is 0 Å². The van der Waals surface area contributed by atoms with E-state index in [0.29, 0.717) is 13.0 Å². The van der Waals surface area contributed by atoms with Crippen molar-refractivity contribution in [3.8, 4) is 0 Å². The average Bonchev–Trinajstić information content (AvgIpc) is 2.98. The molecule has 21 heavy (non-hydrogen) atoms. The van der Waals surface area contributed by atoms with E-state index in [1.165, 1.54) is 11.3 Å². The van der Waals surface area contributed by atoms with Crippen molar-refractivity contribution in [3.05, 3.63) is 52.0 Å². The van der Waals surface area contributed by atoms with E-state index in [4.69, 9.17) is 5.73 Å². The van der Waals surface area contributed by atoms with Crippen LogP contribution in [0.15, 0.2) is 35.8 Å². The van der Waals surface area contributed by atoms with Crippen LogP contribution in [0.5, 0.6) is 0 Å². The number of nitrogens with two attached hydrogens (primary N) is 1. The molecule has 0 bridgehead atoms. The first-order valence-corrected chi connectivity index (χ1v) is 9.24. The molecule has 0 aliphatic carbocycles. The Morgan fingerprint density at radius 1 is 1.38 bits per heavy atom. The van der Waals surface area contributed by atoms with Crippen LogP contribution in [-0.4, -0.2) is 13.4 Å². The molecule has 0 radical (unpaired) electrons. The highest BCUT2D eigenvalue weighted by molar-refractivity contribution is 7.88. The van der Waals surface area contributed by atoms with Gasteiger partial charge in [0.2, 0.25) is 10.0 Å². The molecule has 5 nitrogen and oxygen atoms in total. The largest absolute Gasteiger partial charge is 0.326 e. The fourth-order valence-corrected chi connectivity index (χ4v) is 4.30. The zero-order chi connectivity index (χ0) is 15.3. The predicted octanol–water partition coefficient (Wildman–Crippen LogP) is 2.17. The van der Waals surface area contributed by atoms with Gasteiger partial charge >= 0.3 is 0 Å². The summed E-state index contributed by atoms with van der Waals surface area (Å²) in [5.41, 5.74) is 7.24. The van der Waals surface area contributed by atoms with E-state index < -0.39 is 10.0 Å². The molecule has 1 atom stereocenters. The Kier molecular flexibility index (Phi) is 5.46. The Morgan fingerprint density at radius 3 is 2.76 bits per heavy atom. The van der Waals surface area contributed by atoms with Gasteiger partial charge in [-0.3, -0.25) is 0 Å². The van der Waals surface area contributed by atoms with E-state index in [9.17, 15) is 8.42 Å². The summed E-state index contributed by atoms with van der Waals surface area (Å²) >= 11 is 1.45. The van der Waals surface area contributed by atoms with E-state index in [0.717, 1.165) is 16.1 Å². The number of hydrogen-bond donors (Lipinski definition) is 2. The van der Waals surface area contributed by atoms with Gasteiger partial charge in [-0.1, -0.05) is 31.2 Å². The van der Waals surface area contributed by atoms with Crippen molar-refractivity contribution in [1.29, 1.82) is 0 Å². The summed E-state index contributed by atoms with van der Waals surface area (Å²) in [7, 11) is -3.42. The topological polar surface area (TPSA) is 85.1 Å². The Hall–Kier alpha value is -1.28. The van der Waals surface area contributed by atoms with Crippen LogP contribution in [0, 0.1) is 0 Å². The molecule has 114 valence electrons. The summed E-state index contributed by atoms with van der Waals surface area (Å²) in [5, 5.41) is 2.63. The van der Waals surface area contributed by atoms with Crippen molar-refractivity contribution in [2.75, 3.05) is 0 Å². The number of aromatic nitrogens is 1. The Morgan fingerprint density at radius 2 is 2.14 bits per heavy atom. The van der Waals surface area contributed by atoms with Gasteiger partial charge in [0.15, 0.2) is 0 Å². The van der Waals surface area contributed by atoms with Crippen LogP contribution >= 0.6 is 11.3 Å². The first-order chi connectivity index (χ1) is 10.0. The van der Waals surface area contributed by atoms with Crippen LogP contribution < -0.4 is 10.5 Å². The standard InChI is InChI=1S/C14H19N3O2S2/c1-2-13(14-16-6-7-20-14)17-21(18,19)10-12-5-3-4-11(8-12)9-15/h3-8,13,17H,2,9-10,15H2,1H3. The molecule has 0 saturated heterocycles. The van der Waals surface area contributed by atoms with Crippen molar-refractivity contribution >= 4 is 21.4 Å². The molecule has 3 N–H and O–H groups in total. The molecular weight excluding hydrogens is 306 g/mol. The van der Waals surface area contributed by atoms with Gasteiger partial charge in [0, 0.05) is 18.1 Å². The number of nitrogens with one attached hydrogen (secondary N) is 1. The summed E-state index contributed by atoms with van der Waals surface area (Å²) < 4.78 is 27.3. The van der Waals surface area contributed by atoms with E-state index in [1.54, 1.807) is 12.3 Å². The van der Waals surface area contributed by atoms with Gasteiger partial charge in [-0.05, 0) is 17.5 Å². The smallest absolute Gasteiger partial charge is 0.216 e. The fourth-order valence-electron chi connectivity index (χ4n) is 2.04. The van der Waals surface area contributed by atoms with Crippen molar-refractivity contribution in [2.24, 2.45) is 5.73 Å². The molecule has 0 fully saturated rings. The van der Waals surface area contributed by atoms with E-state index in [2.05, 4.69) is 9.71 Å². The molecule has 7 heteroatoms. The monoisotopic (exact) mass is 325 g/mol. The molecule has 0 amide bonds. The Bertz CT molecular complexity index is 669. The lowest BCUT2D eigenvalue weighted by Crippen LogP contribution is -2.29. The summed E-state index contributed by atoms with van der Waals surface area (Å²) in [6.45, 7) is 2.33. The number of thiazole rings is 1. The second-order valence-corrected chi connectivity index (χ2v) is 7.41. The molecule has 1 aromatic carbocycles. The molecule has 1 heterocycles. The minimum Gasteiger partial charge on any atom is -0.326 e. The first-order valence-electron chi connectivity index (χ1n) is 6.71. The van der Waals surface area contributed by atoms with Crippen LogP contribution in [0.25, 0.3) is 0 Å². The first kappa shape index (κ1) is 16.1. The van der Waals surface area contributed by atoms with Crippen LogP contribution in [-0.2, 0) is 22.3 Å². The zero-order valence-electron chi connectivity index (χ0n) is 11.8. The van der Waals surface area contributed by atoms with Crippen molar-refractivity contribution in [3.63, 3.8) is 0 Å². The van der Waals surface area contributed by atoms with Crippen molar-refractivity contribution in [2.45, 2.75) is 31.7 Å². The highest BCUT2D eigenvalue weighted by atomic mass is 32.2. The van der Waals surface area contributed by atoms with Crippen LogP contribution in [0.2, 0.25) is 0 Å². The Labute approximate surface area is 129 Å².